The van der Waals surface area contributed by atoms with Gasteiger partial charge < -0.3 is 5.32 Å². The van der Waals surface area contributed by atoms with Crippen LogP contribution in [0.3, 0.4) is 0 Å². The summed E-state index contributed by atoms with van der Waals surface area (Å²) in [6.45, 7) is 0.768. The second-order valence-corrected chi connectivity index (χ2v) is 5.75. The smallest absolute Gasteiger partial charge is 0.252 e. The van der Waals surface area contributed by atoms with E-state index in [1.807, 2.05) is 5.38 Å². The molecule has 0 spiro atoms. The van der Waals surface area contributed by atoms with E-state index in [2.05, 4.69) is 27.9 Å². The van der Waals surface area contributed by atoms with Gasteiger partial charge in [0.1, 0.15) is 0 Å². The van der Waals surface area contributed by atoms with Crippen molar-refractivity contribution in [2.75, 3.05) is 11.0 Å². The molecule has 1 aromatic rings. The Morgan fingerprint density at radius 1 is 1.47 bits per heavy atom. The number of aryl methyl sites for hydroxylation is 1. The van der Waals surface area contributed by atoms with Crippen LogP contribution < -0.4 is 5.32 Å². The summed E-state index contributed by atoms with van der Waals surface area (Å²) in [6, 6.07) is 0. The van der Waals surface area contributed by atoms with Gasteiger partial charge in [0, 0.05) is 21.2 Å². The Balaban J connectivity index is 2.14. The van der Waals surface area contributed by atoms with E-state index in [1.165, 1.54) is 29.7 Å². The first-order valence-corrected chi connectivity index (χ1v) is 7.67. The first-order valence-electron chi connectivity index (χ1n) is 5.26. The molecule has 0 atom stereocenters. The minimum Gasteiger partial charge on any atom is -0.351 e. The molecule has 4 heteroatoms. The average Bonchev–Trinajstić information content (AvgIpc) is 2.69. The second kappa shape index (κ2) is 5.30. The van der Waals surface area contributed by atoms with Crippen LogP contribution in [0.2, 0.25) is 0 Å². The fourth-order valence-electron chi connectivity index (χ4n) is 1.94. The van der Waals surface area contributed by atoms with Gasteiger partial charge in [0.25, 0.3) is 5.91 Å². The number of carbonyl (C=O) groups is 1. The van der Waals surface area contributed by atoms with Gasteiger partial charge in [-0.05, 0) is 31.2 Å². The molecule has 1 N–H and O–H groups in total. The van der Waals surface area contributed by atoms with Crippen LogP contribution in [-0.4, -0.2) is 16.9 Å². The second-order valence-electron chi connectivity index (χ2n) is 3.70. The molecule has 1 aromatic heterocycles. The molecule has 0 radical (unpaired) electrons. The van der Waals surface area contributed by atoms with Gasteiger partial charge in [-0.25, -0.2) is 0 Å². The SMILES string of the molecule is O=C(NCCI)c1csc2c1CCCC2. The summed E-state index contributed by atoms with van der Waals surface area (Å²) >= 11 is 4.02. The molecule has 82 valence electrons. The minimum absolute atomic E-state index is 0.117. The summed E-state index contributed by atoms with van der Waals surface area (Å²) in [4.78, 5) is 13.3. The average molecular weight is 335 g/mol. The lowest BCUT2D eigenvalue weighted by molar-refractivity contribution is 0.0956. The van der Waals surface area contributed by atoms with Gasteiger partial charge in [-0.3, -0.25) is 4.79 Å². The number of alkyl halides is 1. The molecule has 2 nitrogen and oxygen atoms in total. The maximum atomic E-state index is 11.8. The summed E-state index contributed by atoms with van der Waals surface area (Å²) in [5.41, 5.74) is 2.25. The van der Waals surface area contributed by atoms with E-state index < -0.39 is 0 Å². The Labute approximate surface area is 108 Å². The highest BCUT2D eigenvalue weighted by molar-refractivity contribution is 14.1. The van der Waals surface area contributed by atoms with Crippen LogP contribution >= 0.6 is 33.9 Å². The third kappa shape index (κ3) is 2.53. The topological polar surface area (TPSA) is 29.1 Å². The molecule has 0 saturated carbocycles. The molecule has 0 unspecified atom stereocenters. The zero-order valence-corrected chi connectivity index (χ0v) is 11.5. The van der Waals surface area contributed by atoms with Gasteiger partial charge in [-0.1, -0.05) is 22.6 Å². The molecular formula is C11H14INOS. The molecule has 0 aliphatic heterocycles. The maximum absolute atomic E-state index is 11.8. The number of fused-ring (bicyclic) bond motifs is 1. The molecule has 15 heavy (non-hydrogen) atoms. The Bertz CT molecular complexity index is 361. The van der Waals surface area contributed by atoms with E-state index in [4.69, 9.17) is 0 Å². The highest BCUT2D eigenvalue weighted by atomic mass is 127. The third-order valence-corrected chi connectivity index (χ3v) is 4.31. The predicted octanol–water partition coefficient (Wildman–Crippen LogP) is 2.79. The van der Waals surface area contributed by atoms with Crippen molar-refractivity contribution in [3.63, 3.8) is 0 Å². The molecule has 1 heterocycles. The summed E-state index contributed by atoms with van der Waals surface area (Å²) in [6.07, 6.45) is 4.77. The van der Waals surface area contributed by atoms with Crippen molar-refractivity contribution < 1.29 is 4.79 Å². The molecular weight excluding hydrogens is 321 g/mol. The lowest BCUT2D eigenvalue weighted by Crippen LogP contribution is -2.26. The van der Waals surface area contributed by atoms with E-state index in [0.717, 1.165) is 23.0 Å². The molecule has 2 rings (SSSR count). The van der Waals surface area contributed by atoms with Crippen LogP contribution in [0, 0.1) is 0 Å². The highest BCUT2D eigenvalue weighted by Gasteiger charge is 2.19. The Morgan fingerprint density at radius 3 is 3.07 bits per heavy atom. The van der Waals surface area contributed by atoms with Gasteiger partial charge >= 0.3 is 0 Å². The number of nitrogens with one attached hydrogen (secondary N) is 1. The van der Waals surface area contributed by atoms with Crippen LogP contribution in [0.25, 0.3) is 0 Å². The van der Waals surface area contributed by atoms with Crippen molar-refractivity contribution in [2.45, 2.75) is 25.7 Å². The Hall–Kier alpha value is -0.100. The number of halogens is 1. The number of rotatable bonds is 3. The summed E-state index contributed by atoms with van der Waals surface area (Å²) in [7, 11) is 0. The summed E-state index contributed by atoms with van der Waals surface area (Å²) < 4.78 is 0.968. The fraction of sp³-hybridized carbons (Fsp3) is 0.545. The monoisotopic (exact) mass is 335 g/mol. The Morgan fingerprint density at radius 2 is 2.27 bits per heavy atom. The standard InChI is InChI=1S/C11H14INOS/c12-5-6-13-11(14)9-7-15-10-4-2-1-3-8(9)10/h7H,1-6H2,(H,13,14). The number of carbonyl (C=O) groups excluding carboxylic acids is 1. The lowest BCUT2D eigenvalue weighted by Gasteiger charge is -2.12. The van der Waals surface area contributed by atoms with E-state index in [9.17, 15) is 4.79 Å². The van der Waals surface area contributed by atoms with E-state index in [0.29, 0.717) is 0 Å². The van der Waals surface area contributed by atoms with E-state index >= 15 is 0 Å². The minimum atomic E-state index is 0.117. The molecule has 1 aliphatic carbocycles. The van der Waals surface area contributed by atoms with Crippen molar-refractivity contribution in [3.05, 3.63) is 21.4 Å². The molecule has 0 saturated heterocycles. The van der Waals surface area contributed by atoms with Crippen LogP contribution in [0.1, 0.15) is 33.6 Å². The van der Waals surface area contributed by atoms with Crippen molar-refractivity contribution in [1.82, 2.24) is 5.32 Å². The van der Waals surface area contributed by atoms with Crippen molar-refractivity contribution in [2.24, 2.45) is 0 Å². The zero-order chi connectivity index (χ0) is 10.7. The number of hydrogen-bond donors (Lipinski definition) is 1. The van der Waals surface area contributed by atoms with Gasteiger partial charge in [-0.2, -0.15) is 0 Å². The lowest BCUT2D eigenvalue weighted by atomic mass is 9.96. The third-order valence-electron chi connectivity index (χ3n) is 2.69. The first kappa shape index (κ1) is 11.4. The normalized spacial score (nSPS) is 14.7. The van der Waals surface area contributed by atoms with Crippen LogP contribution in [-0.2, 0) is 12.8 Å². The maximum Gasteiger partial charge on any atom is 0.252 e. The van der Waals surface area contributed by atoms with Crippen LogP contribution in [0.15, 0.2) is 5.38 Å². The zero-order valence-electron chi connectivity index (χ0n) is 8.51. The Kier molecular flexibility index (Phi) is 4.02. The first-order chi connectivity index (χ1) is 7.33. The summed E-state index contributed by atoms with van der Waals surface area (Å²) in [5, 5.41) is 4.97. The van der Waals surface area contributed by atoms with Gasteiger partial charge in [0.15, 0.2) is 0 Å². The van der Waals surface area contributed by atoms with Crippen molar-refractivity contribution in [3.8, 4) is 0 Å². The van der Waals surface area contributed by atoms with E-state index in [-0.39, 0.29) is 5.91 Å². The quantitative estimate of drug-likeness (QED) is 0.668. The molecule has 1 aliphatic rings. The molecule has 0 bridgehead atoms. The highest BCUT2D eigenvalue weighted by Crippen LogP contribution is 2.29. The predicted molar refractivity (Wildman–Crippen MR) is 72.2 cm³/mol. The van der Waals surface area contributed by atoms with Crippen molar-refractivity contribution >= 4 is 39.8 Å². The molecule has 0 aromatic carbocycles. The fourth-order valence-corrected chi connectivity index (χ4v) is 3.34. The summed E-state index contributed by atoms with van der Waals surface area (Å²) in [5.74, 6) is 0.117. The number of thiophene rings is 1. The van der Waals surface area contributed by atoms with Crippen LogP contribution in [0.4, 0.5) is 0 Å². The van der Waals surface area contributed by atoms with E-state index in [1.54, 1.807) is 11.3 Å². The molecule has 0 fully saturated rings. The van der Waals surface area contributed by atoms with Gasteiger partial charge in [0.05, 0.1) is 5.56 Å². The largest absolute Gasteiger partial charge is 0.351 e. The van der Waals surface area contributed by atoms with Crippen molar-refractivity contribution in [1.29, 1.82) is 0 Å². The molecule has 1 amide bonds. The van der Waals surface area contributed by atoms with Crippen LogP contribution in [0.5, 0.6) is 0 Å². The number of hydrogen-bond acceptors (Lipinski definition) is 2. The van der Waals surface area contributed by atoms with Gasteiger partial charge in [-0.15, -0.1) is 11.3 Å². The number of amides is 1. The van der Waals surface area contributed by atoms with Gasteiger partial charge in [0.2, 0.25) is 0 Å².